The smallest absolute Gasteiger partial charge is 0.130 e. The van der Waals surface area contributed by atoms with Crippen molar-refractivity contribution < 1.29 is 13.2 Å². The van der Waals surface area contributed by atoms with E-state index in [1.54, 1.807) is 13.2 Å². The molecule has 3 nitrogen and oxygen atoms in total. The Morgan fingerprint density at radius 1 is 1.23 bits per heavy atom. The van der Waals surface area contributed by atoms with Crippen LogP contribution in [0, 0.1) is 23.5 Å². The van der Waals surface area contributed by atoms with Crippen molar-refractivity contribution in [2.75, 3.05) is 13.6 Å². The number of allylic oxidation sites excluding steroid dienone is 1. The Kier molecular flexibility index (Phi) is 7.55. The van der Waals surface area contributed by atoms with E-state index in [2.05, 4.69) is 17.2 Å². The molecule has 7 heteroatoms. The molecule has 1 fully saturated rings. The van der Waals surface area contributed by atoms with Crippen LogP contribution in [-0.2, 0) is 0 Å². The molecule has 0 saturated heterocycles. The van der Waals surface area contributed by atoms with Gasteiger partial charge in [-0.1, -0.05) is 19.8 Å². The summed E-state index contributed by atoms with van der Waals surface area (Å²) in [5.74, 6) is -0.319. The van der Waals surface area contributed by atoms with Crippen molar-refractivity contribution in [3.63, 3.8) is 0 Å². The van der Waals surface area contributed by atoms with E-state index in [0.717, 1.165) is 47.9 Å². The van der Waals surface area contributed by atoms with Crippen molar-refractivity contribution in [3.05, 3.63) is 57.8 Å². The first-order chi connectivity index (χ1) is 14.3. The fraction of sp³-hybridized carbons (Fsp3) is 0.522. The number of alkyl halides is 1. The Morgan fingerprint density at radius 2 is 1.87 bits per heavy atom. The van der Waals surface area contributed by atoms with Gasteiger partial charge in [-0.05, 0) is 48.8 Å². The molecule has 1 unspecified atom stereocenters. The number of aliphatic imine (C=N–C) groups is 1. The van der Waals surface area contributed by atoms with Crippen LogP contribution in [0.5, 0.6) is 0 Å². The molecule has 0 aromatic heterocycles. The van der Waals surface area contributed by atoms with E-state index in [1.807, 2.05) is 5.41 Å². The summed E-state index contributed by atoms with van der Waals surface area (Å²) < 4.78 is 42.5. The maximum Gasteiger partial charge on any atom is 0.130 e. The predicted molar refractivity (Wildman–Crippen MR) is 119 cm³/mol. The van der Waals surface area contributed by atoms with Gasteiger partial charge in [0.2, 0.25) is 0 Å². The molecule has 30 heavy (non-hydrogen) atoms. The van der Waals surface area contributed by atoms with E-state index in [9.17, 15) is 13.2 Å². The summed E-state index contributed by atoms with van der Waals surface area (Å²) in [5, 5.41) is 4.68. The third-order valence-electron chi connectivity index (χ3n) is 6.09. The molecular weight excluding hydrogens is 407 g/mol. The van der Waals surface area contributed by atoms with Crippen LogP contribution >= 0.6 is 11.8 Å². The molecule has 0 spiro atoms. The maximum absolute atomic E-state index is 14.5. The summed E-state index contributed by atoms with van der Waals surface area (Å²) in [6.45, 7) is 3.88. The second kappa shape index (κ2) is 9.94. The lowest BCUT2D eigenvalue weighted by atomic mass is 9.78. The molecule has 1 aromatic carbocycles. The zero-order chi connectivity index (χ0) is 21.8. The topological polar surface area (TPSA) is 50.4 Å². The first kappa shape index (κ1) is 22.8. The van der Waals surface area contributed by atoms with Crippen LogP contribution in [0.25, 0.3) is 0 Å². The van der Waals surface area contributed by atoms with Gasteiger partial charge in [-0.15, -0.1) is 11.8 Å². The fourth-order valence-corrected chi connectivity index (χ4v) is 5.33. The first-order valence-electron chi connectivity index (χ1n) is 10.5. The van der Waals surface area contributed by atoms with E-state index in [0.29, 0.717) is 12.5 Å². The quantitative estimate of drug-likeness (QED) is 0.559. The highest BCUT2D eigenvalue weighted by molar-refractivity contribution is 8.02. The highest BCUT2D eigenvalue weighted by Gasteiger charge is 2.29. The van der Waals surface area contributed by atoms with Crippen molar-refractivity contribution in [2.24, 2.45) is 22.6 Å². The standard InChI is InChI=1S/C23H30F3N3S/c1-13-4-6-15(7-5-13)23(28-3)17(10-27)20-12-30-21(11-29-20)22-18(25)8-16(14(2)24)9-19(22)26/h8-10,12-15,21,29H,4-7,11,27H2,1-3H3/t13?,14-,15?,21?/m1/s1. The Hall–Kier alpha value is -1.89. The molecule has 164 valence electrons. The number of rotatable bonds is 5. The molecule has 0 bridgehead atoms. The molecular formula is C23H30F3N3S. The minimum absolute atomic E-state index is 0.0118. The third kappa shape index (κ3) is 4.88. The van der Waals surface area contributed by atoms with Gasteiger partial charge in [0.05, 0.1) is 10.9 Å². The first-order valence-corrected chi connectivity index (χ1v) is 11.4. The van der Waals surface area contributed by atoms with Gasteiger partial charge in [0.1, 0.15) is 17.8 Å². The summed E-state index contributed by atoms with van der Waals surface area (Å²) >= 11 is 1.34. The molecule has 1 aliphatic heterocycles. The summed E-state index contributed by atoms with van der Waals surface area (Å²) in [6, 6.07) is 2.17. The van der Waals surface area contributed by atoms with E-state index in [4.69, 9.17) is 5.73 Å². The number of hydrogen-bond donors (Lipinski definition) is 2. The van der Waals surface area contributed by atoms with Crippen LogP contribution in [0.1, 0.15) is 62.1 Å². The van der Waals surface area contributed by atoms with Gasteiger partial charge in [-0.25, -0.2) is 13.2 Å². The van der Waals surface area contributed by atoms with Crippen LogP contribution < -0.4 is 11.1 Å². The van der Waals surface area contributed by atoms with E-state index in [-0.39, 0.29) is 11.1 Å². The molecule has 1 heterocycles. The highest BCUT2D eigenvalue weighted by atomic mass is 32.2. The van der Waals surface area contributed by atoms with Crippen LogP contribution in [-0.4, -0.2) is 19.3 Å². The van der Waals surface area contributed by atoms with Crippen LogP contribution in [0.15, 0.2) is 40.0 Å². The average Bonchev–Trinajstić information content (AvgIpc) is 2.73. The average molecular weight is 438 g/mol. The number of halogens is 3. The van der Waals surface area contributed by atoms with Crippen LogP contribution in [0.2, 0.25) is 0 Å². The van der Waals surface area contributed by atoms with Crippen LogP contribution in [0.3, 0.4) is 0 Å². The Morgan fingerprint density at radius 3 is 2.33 bits per heavy atom. The molecule has 2 aliphatic rings. The normalized spacial score (nSPS) is 26.7. The summed E-state index contributed by atoms with van der Waals surface area (Å²) in [5.41, 5.74) is 8.61. The van der Waals surface area contributed by atoms with Gasteiger partial charge in [0, 0.05) is 42.6 Å². The second-order valence-corrected chi connectivity index (χ2v) is 9.27. The van der Waals surface area contributed by atoms with Crippen molar-refractivity contribution >= 4 is 17.5 Å². The third-order valence-corrected chi connectivity index (χ3v) is 7.19. The number of nitrogens with two attached hydrogens (primary N) is 1. The van der Waals surface area contributed by atoms with Crippen molar-refractivity contribution in [3.8, 4) is 0 Å². The number of thioether (sulfide) groups is 1. The number of nitrogens with zero attached hydrogens (tertiary/aromatic N) is 1. The van der Waals surface area contributed by atoms with Crippen LogP contribution in [0.4, 0.5) is 13.2 Å². The van der Waals surface area contributed by atoms with Gasteiger partial charge in [-0.3, -0.25) is 4.99 Å². The van der Waals surface area contributed by atoms with E-state index >= 15 is 0 Å². The molecule has 0 amide bonds. The second-order valence-electron chi connectivity index (χ2n) is 8.20. The van der Waals surface area contributed by atoms with Gasteiger partial charge >= 0.3 is 0 Å². The Labute approximate surface area is 181 Å². The summed E-state index contributed by atoms with van der Waals surface area (Å²) in [6.07, 6.45) is 4.68. The number of nitrogens with one attached hydrogen (secondary N) is 1. The zero-order valence-electron chi connectivity index (χ0n) is 17.7. The molecule has 0 radical (unpaired) electrons. The van der Waals surface area contributed by atoms with Gasteiger partial charge < -0.3 is 11.1 Å². The Bertz CT molecular complexity index is 832. The Balaban J connectivity index is 1.78. The van der Waals surface area contributed by atoms with E-state index in [1.165, 1.54) is 31.5 Å². The molecule has 1 saturated carbocycles. The predicted octanol–water partition coefficient (Wildman–Crippen LogP) is 5.95. The van der Waals surface area contributed by atoms with Crippen molar-refractivity contribution in [1.29, 1.82) is 0 Å². The largest absolute Gasteiger partial charge is 0.404 e. The van der Waals surface area contributed by atoms with Gasteiger partial charge in [0.25, 0.3) is 0 Å². The molecule has 1 aromatic rings. The number of hydrogen-bond acceptors (Lipinski definition) is 4. The summed E-state index contributed by atoms with van der Waals surface area (Å²) in [7, 11) is 1.79. The van der Waals surface area contributed by atoms with Crippen molar-refractivity contribution in [1.82, 2.24) is 5.32 Å². The lowest BCUT2D eigenvalue weighted by Crippen LogP contribution is -2.30. The molecule has 1 aliphatic carbocycles. The minimum Gasteiger partial charge on any atom is -0.404 e. The highest BCUT2D eigenvalue weighted by Crippen LogP contribution is 2.39. The lowest BCUT2D eigenvalue weighted by Gasteiger charge is -2.31. The zero-order valence-corrected chi connectivity index (χ0v) is 18.5. The minimum atomic E-state index is -1.42. The lowest BCUT2D eigenvalue weighted by molar-refractivity contribution is 0.344. The molecule has 2 atom stereocenters. The molecule has 3 N–H and O–H groups in total. The van der Waals surface area contributed by atoms with Gasteiger partial charge in [0.15, 0.2) is 0 Å². The summed E-state index contributed by atoms with van der Waals surface area (Å²) in [4.78, 5) is 4.54. The monoisotopic (exact) mass is 437 g/mol. The number of benzene rings is 1. The van der Waals surface area contributed by atoms with E-state index < -0.39 is 23.1 Å². The van der Waals surface area contributed by atoms with Gasteiger partial charge in [-0.2, -0.15) is 0 Å². The maximum atomic E-state index is 14.5. The SMILES string of the molecule is CN=C(C(=CN)C1=CSC(c2c(F)cc([C@@H](C)F)cc2F)CN1)C1CCC(C)CC1. The fourth-order valence-electron chi connectivity index (χ4n) is 4.28. The molecule has 3 rings (SSSR count). The van der Waals surface area contributed by atoms with Crippen molar-refractivity contribution in [2.45, 2.75) is 51.0 Å².